The molecule has 0 bridgehead atoms. The number of rotatable bonds is 31. The maximum Gasteiger partial charge on any atom is 0.328 e. The molecule has 0 aliphatic heterocycles. The highest BCUT2D eigenvalue weighted by atomic mass is 16.5. The van der Waals surface area contributed by atoms with E-state index in [0.717, 1.165) is 89.9 Å². The van der Waals surface area contributed by atoms with E-state index in [9.17, 15) is 19.2 Å². The molecule has 2 unspecified atom stereocenters. The number of ether oxygens (including phenoxy) is 1. The summed E-state index contributed by atoms with van der Waals surface area (Å²) in [6.07, 6.45) is 41.1. The molecule has 49 heavy (non-hydrogen) atoms. The summed E-state index contributed by atoms with van der Waals surface area (Å²) in [5.41, 5.74) is 0. The van der Waals surface area contributed by atoms with Gasteiger partial charge in [-0.05, 0) is 83.1 Å². The van der Waals surface area contributed by atoms with E-state index in [0.29, 0.717) is 12.8 Å². The van der Waals surface area contributed by atoms with Crippen LogP contribution in [0.15, 0.2) is 72.9 Å². The highest BCUT2D eigenvalue weighted by Crippen LogP contribution is 2.14. The molecule has 0 radical (unpaired) electrons. The van der Waals surface area contributed by atoms with Gasteiger partial charge in [-0.1, -0.05) is 106 Å². The second-order valence-corrected chi connectivity index (χ2v) is 11.9. The minimum absolute atomic E-state index is 0.176. The van der Waals surface area contributed by atoms with Crippen molar-refractivity contribution >= 4 is 23.8 Å². The summed E-state index contributed by atoms with van der Waals surface area (Å²) in [4.78, 5) is 47.2. The summed E-state index contributed by atoms with van der Waals surface area (Å²) < 4.78 is 5.81. The number of amides is 2. The molecule has 0 rings (SSSR count). The van der Waals surface area contributed by atoms with Crippen molar-refractivity contribution in [3.8, 4) is 0 Å². The normalized spacial score (nSPS) is 13.4. The lowest BCUT2D eigenvalue weighted by molar-refractivity contribution is -0.147. The number of allylic oxidation sites excluding steroid dienone is 11. The van der Waals surface area contributed by atoms with Crippen molar-refractivity contribution in [1.29, 1.82) is 0 Å². The van der Waals surface area contributed by atoms with Gasteiger partial charge in [0.2, 0.25) is 11.8 Å². The van der Waals surface area contributed by atoms with Crippen LogP contribution >= 0.6 is 0 Å². The van der Waals surface area contributed by atoms with Crippen molar-refractivity contribution in [2.75, 3.05) is 13.2 Å². The van der Waals surface area contributed by atoms with Gasteiger partial charge in [0.15, 0.2) is 0 Å². The van der Waals surface area contributed by atoms with Crippen molar-refractivity contribution in [3.05, 3.63) is 72.9 Å². The SMILES string of the molecule is CC/C=C\C/C=C\C/C=C\C/C=C\C/C=C\CCCC(=O)OC(/C=C\CCCCC)CCCCCCC(=O)NCC(=O)NC(CO)C(=O)O. The fourth-order valence-corrected chi connectivity index (χ4v) is 4.60. The van der Waals surface area contributed by atoms with Gasteiger partial charge < -0.3 is 25.6 Å². The molecule has 0 aliphatic carbocycles. The monoisotopic (exact) mass is 684 g/mol. The molecule has 0 saturated heterocycles. The first-order valence-corrected chi connectivity index (χ1v) is 18.3. The molecular weight excluding hydrogens is 620 g/mol. The zero-order chi connectivity index (χ0) is 36.2. The molecular formula is C40H64N2O7. The average molecular weight is 685 g/mol. The molecule has 2 amide bonds. The van der Waals surface area contributed by atoms with Gasteiger partial charge in [0, 0.05) is 12.8 Å². The molecule has 2 atom stereocenters. The third kappa shape index (κ3) is 31.3. The minimum Gasteiger partial charge on any atom is -0.480 e. The largest absolute Gasteiger partial charge is 0.480 e. The molecule has 4 N–H and O–H groups in total. The third-order valence-electron chi connectivity index (χ3n) is 7.42. The van der Waals surface area contributed by atoms with E-state index in [4.69, 9.17) is 14.9 Å². The Kier molecular flexibility index (Phi) is 31.6. The summed E-state index contributed by atoms with van der Waals surface area (Å²) in [6, 6.07) is -1.40. The van der Waals surface area contributed by atoms with E-state index in [1.807, 2.05) is 6.08 Å². The first kappa shape index (κ1) is 45.3. The van der Waals surface area contributed by atoms with Crippen LogP contribution < -0.4 is 10.6 Å². The van der Waals surface area contributed by atoms with E-state index >= 15 is 0 Å². The standard InChI is InChI=1S/C40H64N2O7/c1-3-5-7-9-10-11-12-13-14-15-16-17-18-19-20-22-28-32-39(46)49-35(29-25-21-8-6-4-2)30-26-23-24-27-31-37(44)41-33-38(45)42-36(34-43)40(47)48/h5,7,10-11,13-14,16-17,19-20,25,29,35-36,43H,3-4,6,8-9,12,15,18,21-24,26-28,30-34H2,1-2H3,(H,41,44)(H,42,45)(H,47,48)/b7-5-,11-10-,14-13-,17-16-,20-19-,29-25-. The Bertz CT molecular complexity index is 1060. The van der Waals surface area contributed by atoms with Crippen molar-refractivity contribution in [2.24, 2.45) is 0 Å². The smallest absolute Gasteiger partial charge is 0.328 e. The van der Waals surface area contributed by atoms with Gasteiger partial charge in [0.25, 0.3) is 0 Å². The van der Waals surface area contributed by atoms with E-state index in [1.165, 1.54) is 6.42 Å². The fourth-order valence-electron chi connectivity index (χ4n) is 4.60. The predicted octanol–water partition coefficient (Wildman–Crippen LogP) is 7.97. The van der Waals surface area contributed by atoms with E-state index in [1.54, 1.807) is 0 Å². The van der Waals surface area contributed by atoms with Gasteiger partial charge in [-0.3, -0.25) is 14.4 Å². The van der Waals surface area contributed by atoms with Crippen LogP contribution in [0.3, 0.4) is 0 Å². The molecule has 0 aromatic carbocycles. The number of carboxylic acid groups (broad SMARTS) is 1. The van der Waals surface area contributed by atoms with Crippen LogP contribution in [-0.4, -0.2) is 59.3 Å². The molecule has 0 spiro atoms. The third-order valence-corrected chi connectivity index (χ3v) is 7.42. The number of hydrogen-bond acceptors (Lipinski definition) is 6. The number of carboxylic acids is 1. The summed E-state index contributed by atoms with van der Waals surface area (Å²) in [5, 5.41) is 22.4. The molecule has 0 aromatic heterocycles. The van der Waals surface area contributed by atoms with E-state index < -0.39 is 24.5 Å². The molecule has 0 saturated carbocycles. The quantitative estimate of drug-likeness (QED) is 0.0330. The van der Waals surface area contributed by atoms with Crippen molar-refractivity contribution in [2.45, 2.75) is 142 Å². The van der Waals surface area contributed by atoms with Crippen molar-refractivity contribution in [1.82, 2.24) is 10.6 Å². The minimum atomic E-state index is -1.40. The Balaban J connectivity index is 4.27. The van der Waals surface area contributed by atoms with Gasteiger partial charge in [0.1, 0.15) is 12.1 Å². The van der Waals surface area contributed by atoms with Crippen LogP contribution in [0.25, 0.3) is 0 Å². The number of esters is 1. The summed E-state index contributed by atoms with van der Waals surface area (Å²) in [7, 11) is 0. The highest BCUT2D eigenvalue weighted by molar-refractivity contribution is 5.87. The summed E-state index contributed by atoms with van der Waals surface area (Å²) in [6.45, 7) is 3.24. The lowest BCUT2D eigenvalue weighted by atomic mass is 10.1. The van der Waals surface area contributed by atoms with Gasteiger partial charge in [-0.15, -0.1) is 0 Å². The number of carbonyl (C=O) groups excluding carboxylic acids is 3. The average Bonchev–Trinajstić information content (AvgIpc) is 3.08. The predicted molar refractivity (Wildman–Crippen MR) is 199 cm³/mol. The molecule has 0 fully saturated rings. The second kappa shape index (κ2) is 34.2. The lowest BCUT2D eigenvalue weighted by Crippen LogP contribution is -2.47. The van der Waals surface area contributed by atoms with Gasteiger partial charge >= 0.3 is 11.9 Å². The number of nitrogens with one attached hydrogen (secondary N) is 2. The Morgan fingerprint density at radius 3 is 1.84 bits per heavy atom. The molecule has 0 aliphatic rings. The Morgan fingerprint density at radius 2 is 1.24 bits per heavy atom. The van der Waals surface area contributed by atoms with Crippen LogP contribution in [-0.2, 0) is 23.9 Å². The molecule has 9 nitrogen and oxygen atoms in total. The number of aliphatic hydroxyl groups is 1. The second-order valence-electron chi connectivity index (χ2n) is 11.9. The van der Waals surface area contributed by atoms with Crippen molar-refractivity contribution in [3.63, 3.8) is 0 Å². The fraction of sp³-hybridized carbons (Fsp3) is 0.600. The summed E-state index contributed by atoms with van der Waals surface area (Å²) in [5.74, 6) is -2.49. The molecule has 276 valence electrons. The maximum atomic E-state index is 12.6. The van der Waals surface area contributed by atoms with Gasteiger partial charge in [-0.25, -0.2) is 4.79 Å². The Labute approximate surface area is 295 Å². The van der Waals surface area contributed by atoms with E-state index in [-0.39, 0.29) is 30.9 Å². The van der Waals surface area contributed by atoms with Crippen LogP contribution in [0.5, 0.6) is 0 Å². The number of hydrogen-bond donors (Lipinski definition) is 4. The first-order chi connectivity index (χ1) is 23.8. The number of aliphatic carboxylic acids is 1. The first-order valence-electron chi connectivity index (χ1n) is 18.3. The van der Waals surface area contributed by atoms with Gasteiger partial charge in [-0.2, -0.15) is 0 Å². The topological polar surface area (TPSA) is 142 Å². The van der Waals surface area contributed by atoms with Crippen LogP contribution in [0.2, 0.25) is 0 Å². The maximum absolute atomic E-state index is 12.6. The lowest BCUT2D eigenvalue weighted by Gasteiger charge is -2.15. The summed E-state index contributed by atoms with van der Waals surface area (Å²) >= 11 is 0. The Morgan fingerprint density at radius 1 is 0.653 bits per heavy atom. The van der Waals surface area contributed by atoms with Crippen LogP contribution in [0.1, 0.15) is 129 Å². The molecule has 9 heteroatoms. The van der Waals surface area contributed by atoms with E-state index in [2.05, 4.69) is 91.3 Å². The molecule has 0 heterocycles. The highest BCUT2D eigenvalue weighted by Gasteiger charge is 2.18. The zero-order valence-corrected chi connectivity index (χ0v) is 30.2. The zero-order valence-electron chi connectivity index (χ0n) is 30.2. The number of carbonyl (C=O) groups is 4. The number of aliphatic hydroxyl groups excluding tert-OH is 1. The molecule has 0 aromatic rings. The van der Waals surface area contributed by atoms with Gasteiger partial charge in [0.05, 0.1) is 13.2 Å². The number of unbranched alkanes of at least 4 members (excludes halogenated alkanes) is 7. The van der Waals surface area contributed by atoms with Crippen LogP contribution in [0.4, 0.5) is 0 Å². The van der Waals surface area contributed by atoms with Crippen LogP contribution in [0, 0.1) is 0 Å². The Hall–Kier alpha value is -3.72. The van der Waals surface area contributed by atoms with Crippen molar-refractivity contribution < 1.29 is 34.1 Å².